The Labute approximate surface area is 127 Å². The third-order valence-corrected chi connectivity index (χ3v) is 3.75. The second kappa shape index (κ2) is 6.58. The van der Waals surface area contributed by atoms with E-state index >= 15 is 0 Å². The van der Waals surface area contributed by atoms with Crippen molar-refractivity contribution in [2.45, 2.75) is 32.8 Å². The van der Waals surface area contributed by atoms with Crippen LogP contribution in [0.1, 0.15) is 36.2 Å². The van der Waals surface area contributed by atoms with Gasteiger partial charge in [0.15, 0.2) is 0 Å². The number of hydrogen-bond acceptors (Lipinski definition) is 3. The van der Waals surface area contributed by atoms with Gasteiger partial charge in [-0.1, -0.05) is 17.7 Å². The van der Waals surface area contributed by atoms with E-state index in [1.54, 1.807) is 0 Å². The molecular formula is C17H26N2O2. The highest BCUT2D eigenvalue weighted by Crippen LogP contribution is 2.13. The number of nitrogens with zero attached hydrogens (tertiary/aromatic N) is 2. The van der Waals surface area contributed by atoms with Gasteiger partial charge in [-0.25, -0.2) is 0 Å². The summed E-state index contributed by atoms with van der Waals surface area (Å²) in [7, 11) is 0. The zero-order chi connectivity index (χ0) is 15.5. The molecule has 0 bridgehead atoms. The molecule has 0 saturated carbocycles. The Morgan fingerprint density at radius 3 is 2.67 bits per heavy atom. The summed E-state index contributed by atoms with van der Waals surface area (Å²) < 4.78 is 0. The Bertz CT molecular complexity index is 494. The lowest BCUT2D eigenvalue weighted by Crippen LogP contribution is -2.41. The standard InChI is InChI=1S/C17H26N2O2/c1-14-6-4-7-15(12-14)16(20)19-9-5-8-18(10-11-19)13-17(2,3)21/h4,6-7,12,21H,5,8-11,13H2,1-3H3. The van der Waals surface area contributed by atoms with Crippen LogP contribution in [0.2, 0.25) is 0 Å². The van der Waals surface area contributed by atoms with Crippen LogP contribution in [0.4, 0.5) is 0 Å². The molecule has 0 unspecified atom stereocenters. The molecule has 0 spiro atoms. The van der Waals surface area contributed by atoms with Gasteiger partial charge in [0.25, 0.3) is 5.91 Å². The van der Waals surface area contributed by atoms with Crippen molar-refractivity contribution in [2.24, 2.45) is 0 Å². The lowest BCUT2D eigenvalue weighted by molar-refractivity contribution is 0.0374. The van der Waals surface area contributed by atoms with Gasteiger partial charge in [0.2, 0.25) is 0 Å². The molecule has 1 N–H and O–H groups in total. The maximum Gasteiger partial charge on any atom is 0.253 e. The van der Waals surface area contributed by atoms with Gasteiger partial charge < -0.3 is 10.0 Å². The Kier molecular flexibility index (Phi) is 5.01. The minimum absolute atomic E-state index is 0.115. The summed E-state index contributed by atoms with van der Waals surface area (Å²) in [4.78, 5) is 16.7. The van der Waals surface area contributed by atoms with Crippen LogP contribution in [-0.2, 0) is 0 Å². The molecule has 1 fully saturated rings. The molecule has 0 aromatic heterocycles. The number of benzene rings is 1. The normalized spacial score (nSPS) is 17.6. The van der Waals surface area contributed by atoms with Crippen LogP contribution in [0.15, 0.2) is 24.3 Å². The highest BCUT2D eigenvalue weighted by molar-refractivity contribution is 5.94. The second-order valence-corrected chi connectivity index (χ2v) is 6.60. The van der Waals surface area contributed by atoms with Gasteiger partial charge in [0, 0.05) is 38.3 Å². The van der Waals surface area contributed by atoms with E-state index in [9.17, 15) is 9.90 Å². The summed E-state index contributed by atoms with van der Waals surface area (Å²) in [6.07, 6.45) is 0.952. The van der Waals surface area contributed by atoms with Crippen molar-refractivity contribution >= 4 is 5.91 Å². The minimum Gasteiger partial charge on any atom is -0.389 e. The lowest BCUT2D eigenvalue weighted by atomic mass is 10.1. The maximum atomic E-state index is 12.6. The average molecular weight is 290 g/mol. The van der Waals surface area contributed by atoms with E-state index < -0.39 is 5.60 Å². The highest BCUT2D eigenvalue weighted by atomic mass is 16.3. The quantitative estimate of drug-likeness (QED) is 0.925. The van der Waals surface area contributed by atoms with E-state index in [-0.39, 0.29) is 5.91 Å². The van der Waals surface area contributed by atoms with Gasteiger partial charge >= 0.3 is 0 Å². The van der Waals surface area contributed by atoms with Crippen LogP contribution >= 0.6 is 0 Å². The van der Waals surface area contributed by atoms with E-state index in [0.717, 1.165) is 43.7 Å². The summed E-state index contributed by atoms with van der Waals surface area (Å²) >= 11 is 0. The number of hydrogen-bond donors (Lipinski definition) is 1. The number of aryl methyl sites for hydroxylation is 1. The fraction of sp³-hybridized carbons (Fsp3) is 0.588. The van der Waals surface area contributed by atoms with Crippen LogP contribution in [0.5, 0.6) is 0 Å². The van der Waals surface area contributed by atoms with Gasteiger partial charge in [-0.15, -0.1) is 0 Å². The average Bonchev–Trinajstić information content (AvgIpc) is 2.61. The smallest absolute Gasteiger partial charge is 0.253 e. The molecule has 0 aliphatic carbocycles. The molecule has 116 valence electrons. The molecular weight excluding hydrogens is 264 g/mol. The van der Waals surface area contributed by atoms with Crippen LogP contribution in [0, 0.1) is 6.92 Å². The molecule has 0 atom stereocenters. The molecule has 2 rings (SSSR count). The molecule has 4 heteroatoms. The molecule has 0 radical (unpaired) electrons. The van der Waals surface area contributed by atoms with Crippen molar-refractivity contribution in [1.82, 2.24) is 9.80 Å². The molecule has 1 heterocycles. The molecule has 1 aliphatic rings. The Hall–Kier alpha value is -1.39. The van der Waals surface area contributed by atoms with Crippen molar-refractivity contribution in [1.29, 1.82) is 0 Å². The summed E-state index contributed by atoms with van der Waals surface area (Å²) in [5.41, 5.74) is 1.20. The number of β-amino-alcohol motifs (C(OH)–C–C–N with tert-alkyl or cyclic N) is 1. The van der Waals surface area contributed by atoms with Crippen molar-refractivity contribution in [3.05, 3.63) is 35.4 Å². The Balaban J connectivity index is 1.98. The third kappa shape index (κ3) is 4.83. The van der Waals surface area contributed by atoms with Gasteiger partial charge in [-0.3, -0.25) is 9.69 Å². The van der Waals surface area contributed by atoms with Crippen LogP contribution in [-0.4, -0.2) is 59.1 Å². The van der Waals surface area contributed by atoms with E-state index in [4.69, 9.17) is 0 Å². The molecule has 21 heavy (non-hydrogen) atoms. The van der Waals surface area contributed by atoms with E-state index in [1.807, 2.05) is 49.9 Å². The summed E-state index contributed by atoms with van der Waals surface area (Å²) in [5, 5.41) is 9.92. The molecule has 1 aliphatic heterocycles. The zero-order valence-corrected chi connectivity index (χ0v) is 13.3. The summed E-state index contributed by atoms with van der Waals surface area (Å²) in [6, 6.07) is 7.77. The summed E-state index contributed by atoms with van der Waals surface area (Å²) in [6.45, 7) is 9.58. The molecule has 1 saturated heterocycles. The predicted octanol–water partition coefficient (Wildman–Crippen LogP) is 1.91. The van der Waals surface area contributed by atoms with Crippen molar-refractivity contribution in [3.8, 4) is 0 Å². The molecule has 1 aromatic rings. The number of rotatable bonds is 3. The van der Waals surface area contributed by atoms with Crippen LogP contribution in [0.25, 0.3) is 0 Å². The van der Waals surface area contributed by atoms with Crippen LogP contribution < -0.4 is 0 Å². The van der Waals surface area contributed by atoms with E-state index in [2.05, 4.69) is 4.90 Å². The van der Waals surface area contributed by atoms with Gasteiger partial charge in [-0.2, -0.15) is 0 Å². The molecule has 4 nitrogen and oxygen atoms in total. The van der Waals surface area contributed by atoms with Crippen molar-refractivity contribution in [3.63, 3.8) is 0 Å². The van der Waals surface area contributed by atoms with Crippen molar-refractivity contribution in [2.75, 3.05) is 32.7 Å². The first-order valence-electron chi connectivity index (χ1n) is 7.66. The Morgan fingerprint density at radius 2 is 2.00 bits per heavy atom. The summed E-state index contributed by atoms with van der Waals surface area (Å²) in [5.74, 6) is 0.115. The fourth-order valence-corrected chi connectivity index (χ4v) is 2.84. The monoisotopic (exact) mass is 290 g/mol. The molecule has 1 aromatic carbocycles. The number of carbonyl (C=O) groups excluding carboxylic acids is 1. The second-order valence-electron chi connectivity index (χ2n) is 6.60. The molecule has 1 amide bonds. The van der Waals surface area contributed by atoms with E-state index in [0.29, 0.717) is 6.54 Å². The van der Waals surface area contributed by atoms with Crippen LogP contribution in [0.3, 0.4) is 0 Å². The highest BCUT2D eigenvalue weighted by Gasteiger charge is 2.23. The van der Waals surface area contributed by atoms with E-state index in [1.165, 1.54) is 0 Å². The first-order valence-corrected chi connectivity index (χ1v) is 7.66. The van der Waals surface area contributed by atoms with Crippen molar-refractivity contribution < 1.29 is 9.90 Å². The first-order chi connectivity index (χ1) is 9.85. The van der Waals surface area contributed by atoms with Gasteiger partial charge in [0.05, 0.1) is 5.60 Å². The Morgan fingerprint density at radius 1 is 1.24 bits per heavy atom. The number of carbonyl (C=O) groups is 1. The fourth-order valence-electron chi connectivity index (χ4n) is 2.84. The largest absolute Gasteiger partial charge is 0.389 e. The van der Waals surface area contributed by atoms with Gasteiger partial charge in [-0.05, 0) is 39.3 Å². The number of aliphatic hydroxyl groups is 1. The minimum atomic E-state index is -0.685. The zero-order valence-electron chi connectivity index (χ0n) is 13.3. The SMILES string of the molecule is Cc1cccc(C(=O)N2CCCN(CC(C)(C)O)CC2)c1. The van der Waals surface area contributed by atoms with Gasteiger partial charge in [0.1, 0.15) is 0 Å². The lowest BCUT2D eigenvalue weighted by Gasteiger charge is -2.27. The first kappa shape index (κ1) is 16.0. The third-order valence-electron chi connectivity index (χ3n) is 3.75. The maximum absolute atomic E-state index is 12.6. The topological polar surface area (TPSA) is 43.8 Å². The predicted molar refractivity (Wildman–Crippen MR) is 84.4 cm³/mol. The number of amides is 1.